The Morgan fingerprint density at radius 3 is 2.82 bits per heavy atom. The number of halogens is 1. The summed E-state index contributed by atoms with van der Waals surface area (Å²) in [5.74, 6) is 0.488. The minimum absolute atomic E-state index is 0.0883. The lowest BCUT2D eigenvalue weighted by molar-refractivity contribution is -0.119. The highest BCUT2D eigenvalue weighted by molar-refractivity contribution is 7.99. The topological polar surface area (TPSA) is 90.1 Å². The van der Waals surface area contributed by atoms with Gasteiger partial charge in [-0.05, 0) is 37.1 Å². The summed E-state index contributed by atoms with van der Waals surface area (Å²) in [6.45, 7) is 1.30. The lowest BCUT2D eigenvalue weighted by atomic mass is 10.0. The standard InChI is InChI=1S/C24H21ClN4O3S/c25-16-9-7-15(8-10-16)21-12-19(18-5-1-2-6-20(18)27-21)23-28-29-24(32-23)33-14-22(30)26-13-17-4-3-11-31-17/h1-2,5-10,12,17H,3-4,11,13-14H2,(H,26,30). The summed E-state index contributed by atoms with van der Waals surface area (Å²) >= 11 is 7.25. The minimum atomic E-state index is -0.0883. The Morgan fingerprint density at radius 2 is 2.00 bits per heavy atom. The van der Waals surface area contributed by atoms with Crippen LogP contribution in [0, 0.1) is 0 Å². The zero-order valence-corrected chi connectivity index (χ0v) is 19.2. The Kier molecular flexibility index (Phi) is 6.57. The van der Waals surface area contributed by atoms with Gasteiger partial charge in [0.15, 0.2) is 0 Å². The smallest absolute Gasteiger partial charge is 0.277 e. The van der Waals surface area contributed by atoms with Crippen LogP contribution < -0.4 is 5.32 Å². The maximum atomic E-state index is 12.2. The number of fused-ring (bicyclic) bond motifs is 1. The van der Waals surface area contributed by atoms with Crippen molar-refractivity contribution in [1.29, 1.82) is 0 Å². The Balaban J connectivity index is 1.34. The first-order valence-corrected chi connectivity index (χ1v) is 12.0. The molecule has 0 bridgehead atoms. The van der Waals surface area contributed by atoms with Crippen LogP contribution in [0.3, 0.4) is 0 Å². The Hall–Kier alpha value is -2.94. The van der Waals surface area contributed by atoms with Gasteiger partial charge in [-0.3, -0.25) is 4.79 Å². The summed E-state index contributed by atoms with van der Waals surface area (Å²) < 4.78 is 11.4. The summed E-state index contributed by atoms with van der Waals surface area (Å²) in [6.07, 6.45) is 2.14. The number of amides is 1. The minimum Gasteiger partial charge on any atom is -0.411 e. The molecule has 1 aliphatic rings. The predicted molar refractivity (Wildman–Crippen MR) is 128 cm³/mol. The molecule has 0 aliphatic carbocycles. The van der Waals surface area contributed by atoms with Crippen LogP contribution in [-0.2, 0) is 9.53 Å². The second-order valence-corrected chi connectivity index (χ2v) is 9.04. The Morgan fingerprint density at radius 1 is 1.15 bits per heavy atom. The molecule has 4 aromatic rings. The molecule has 1 N–H and O–H groups in total. The average Bonchev–Trinajstić information content (AvgIpc) is 3.53. The third-order valence-corrected chi connectivity index (χ3v) is 6.44. The number of nitrogens with one attached hydrogen (secondary N) is 1. The van der Waals surface area contributed by atoms with Crippen molar-refractivity contribution >= 4 is 40.2 Å². The molecule has 1 saturated heterocycles. The monoisotopic (exact) mass is 480 g/mol. The SMILES string of the molecule is O=C(CSc1nnc(-c2cc(-c3ccc(Cl)cc3)nc3ccccc23)o1)NCC1CCCO1. The highest BCUT2D eigenvalue weighted by Crippen LogP contribution is 2.33. The lowest BCUT2D eigenvalue weighted by Crippen LogP contribution is -2.32. The van der Waals surface area contributed by atoms with Crippen molar-refractivity contribution in [3.63, 3.8) is 0 Å². The van der Waals surface area contributed by atoms with Crippen molar-refractivity contribution in [2.75, 3.05) is 18.9 Å². The number of para-hydroxylation sites is 1. The van der Waals surface area contributed by atoms with E-state index in [2.05, 4.69) is 15.5 Å². The van der Waals surface area contributed by atoms with Gasteiger partial charge in [0.05, 0.1) is 28.6 Å². The predicted octanol–water partition coefficient (Wildman–Crippen LogP) is 4.99. The van der Waals surface area contributed by atoms with Crippen molar-refractivity contribution in [3.05, 3.63) is 59.6 Å². The number of benzene rings is 2. The van der Waals surface area contributed by atoms with E-state index in [-0.39, 0.29) is 17.8 Å². The van der Waals surface area contributed by atoms with Crippen molar-refractivity contribution < 1.29 is 13.9 Å². The number of hydrogen-bond acceptors (Lipinski definition) is 7. The number of hydrogen-bond donors (Lipinski definition) is 1. The molecular weight excluding hydrogens is 460 g/mol. The molecule has 2 aromatic carbocycles. The quantitative estimate of drug-likeness (QED) is 0.372. The van der Waals surface area contributed by atoms with Crippen LogP contribution in [0.4, 0.5) is 0 Å². The van der Waals surface area contributed by atoms with Crippen LogP contribution in [-0.4, -0.2) is 46.1 Å². The van der Waals surface area contributed by atoms with E-state index in [1.165, 1.54) is 11.8 Å². The van der Waals surface area contributed by atoms with E-state index in [9.17, 15) is 4.79 Å². The van der Waals surface area contributed by atoms with Gasteiger partial charge in [-0.15, -0.1) is 10.2 Å². The summed E-state index contributed by atoms with van der Waals surface area (Å²) in [7, 11) is 0. The van der Waals surface area contributed by atoms with Crippen molar-refractivity contribution in [1.82, 2.24) is 20.5 Å². The van der Waals surface area contributed by atoms with E-state index in [0.717, 1.165) is 47.2 Å². The van der Waals surface area contributed by atoms with Crippen LogP contribution in [0.15, 0.2) is 64.2 Å². The van der Waals surface area contributed by atoms with Gasteiger partial charge in [-0.2, -0.15) is 0 Å². The molecule has 1 amide bonds. The molecule has 1 aliphatic heterocycles. The van der Waals surface area contributed by atoms with E-state index in [4.69, 9.17) is 25.7 Å². The molecule has 1 fully saturated rings. The summed E-state index contributed by atoms with van der Waals surface area (Å²) in [4.78, 5) is 16.9. The molecule has 0 saturated carbocycles. The van der Waals surface area contributed by atoms with Crippen LogP contribution in [0.5, 0.6) is 0 Å². The summed E-state index contributed by atoms with van der Waals surface area (Å²) in [5.41, 5.74) is 3.32. The second kappa shape index (κ2) is 9.91. The van der Waals surface area contributed by atoms with Gasteiger partial charge in [0.2, 0.25) is 11.8 Å². The van der Waals surface area contributed by atoms with E-state index < -0.39 is 0 Å². The number of carbonyl (C=O) groups excluding carboxylic acids is 1. The molecule has 7 nitrogen and oxygen atoms in total. The number of pyridine rings is 1. The highest BCUT2D eigenvalue weighted by Gasteiger charge is 2.18. The normalized spacial score (nSPS) is 15.7. The van der Waals surface area contributed by atoms with Gasteiger partial charge in [0.1, 0.15) is 0 Å². The first-order valence-electron chi connectivity index (χ1n) is 10.7. The molecule has 33 heavy (non-hydrogen) atoms. The number of ether oxygens (including phenoxy) is 1. The van der Waals surface area contributed by atoms with Gasteiger partial charge < -0.3 is 14.5 Å². The van der Waals surface area contributed by atoms with Gasteiger partial charge in [0, 0.05) is 29.1 Å². The molecule has 2 aromatic heterocycles. The van der Waals surface area contributed by atoms with E-state index >= 15 is 0 Å². The van der Waals surface area contributed by atoms with Crippen LogP contribution in [0.1, 0.15) is 12.8 Å². The lowest BCUT2D eigenvalue weighted by Gasteiger charge is -2.09. The molecule has 1 atom stereocenters. The Labute approximate surface area is 199 Å². The zero-order valence-electron chi connectivity index (χ0n) is 17.7. The number of rotatable bonds is 7. The van der Waals surface area contributed by atoms with E-state index in [0.29, 0.717) is 22.7 Å². The average molecular weight is 481 g/mol. The summed E-state index contributed by atoms with van der Waals surface area (Å²) in [5, 5.41) is 13.2. The highest BCUT2D eigenvalue weighted by atomic mass is 35.5. The second-order valence-electron chi connectivity index (χ2n) is 7.68. The number of nitrogens with zero attached hydrogens (tertiary/aromatic N) is 3. The number of carbonyl (C=O) groups is 1. The molecule has 0 radical (unpaired) electrons. The Bertz CT molecular complexity index is 1270. The molecule has 1 unspecified atom stereocenters. The van der Waals surface area contributed by atoms with E-state index in [1.54, 1.807) is 0 Å². The number of thioether (sulfide) groups is 1. The fraction of sp³-hybridized carbons (Fsp3) is 0.250. The molecule has 0 spiro atoms. The van der Waals surface area contributed by atoms with Gasteiger partial charge in [0.25, 0.3) is 5.22 Å². The molecule has 3 heterocycles. The van der Waals surface area contributed by atoms with Gasteiger partial charge in [-0.25, -0.2) is 4.98 Å². The number of aromatic nitrogens is 3. The van der Waals surface area contributed by atoms with Crippen LogP contribution in [0.25, 0.3) is 33.6 Å². The molecular formula is C24H21ClN4O3S. The zero-order chi connectivity index (χ0) is 22.6. The maximum Gasteiger partial charge on any atom is 0.277 e. The maximum absolute atomic E-state index is 12.2. The first kappa shape index (κ1) is 21.9. The van der Waals surface area contributed by atoms with Crippen LogP contribution in [0.2, 0.25) is 5.02 Å². The first-order chi connectivity index (χ1) is 16.2. The van der Waals surface area contributed by atoms with Crippen molar-refractivity contribution in [2.45, 2.75) is 24.2 Å². The van der Waals surface area contributed by atoms with Crippen LogP contribution >= 0.6 is 23.4 Å². The van der Waals surface area contributed by atoms with Crippen molar-refractivity contribution in [3.8, 4) is 22.7 Å². The summed E-state index contributed by atoms with van der Waals surface area (Å²) in [6, 6.07) is 17.2. The molecule has 9 heteroatoms. The molecule has 168 valence electrons. The third kappa shape index (κ3) is 5.19. The van der Waals surface area contributed by atoms with Gasteiger partial charge >= 0.3 is 0 Å². The van der Waals surface area contributed by atoms with Crippen molar-refractivity contribution in [2.24, 2.45) is 0 Å². The molecule has 5 rings (SSSR count). The van der Waals surface area contributed by atoms with Gasteiger partial charge in [-0.1, -0.05) is 53.7 Å². The fourth-order valence-corrected chi connectivity index (χ4v) is 4.43. The van der Waals surface area contributed by atoms with E-state index in [1.807, 2.05) is 54.6 Å². The largest absolute Gasteiger partial charge is 0.411 e. The third-order valence-electron chi connectivity index (χ3n) is 5.37. The fourth-order valence-electron chi connectivity index (χ4n) is 3.71.